The fourth-order valence-electron chi connectivity index (χ4n) is 0.516. The van der Waals surface area contributed by atoms with Crippen molar-refractivity contribution in [2.75, 3.05) is 28.2 Å². The van der Waals surface area contributed by atoms with Crippen LogP contribution in [0.15, 0.2) is 0 Å². The van der Waals surface area contributed by atoms with Gasteiger partial charge >= 0.3 is 6.34 Å². The van der Waals surface area contributed by atoms with Crippen molar-refractivity contribution in [2.45, 2.75) is 0 Å². The third-order valence-electron chi connectivity index (χ3n) is 0.516. The monoisotopic (exact) mass is 102 g/mol. The summed E-state index contributed by atoms with van der Waals surface area (Å²) in [7, 11) is 8.21. The standard InChI is InChI=1S/C5H13N2/c1-6(2)5-7(3)4/h5H,1-4H3/q+1/p+1. The fourth-order valence-corrected chi connectivity index (χ4v) is 0.516. The van der Waals surface area contributed by atoms with Crippen molar-refractivity contribution < 1.29 is 9.48 Å². The first-order chi connectivity index (χ1) is 3.13. The van der Waals surface area contributed by atoms with E-state index in [1.54, 1.807) is 0 Å². The molecule has 0 aromatic heterocycles. The predicted molar refractivity (Wildman–Crippen MR) is 31.0 cm³/mol. The first kappa shape index (κ1) is 6.63. The van der Waals surface area contributed by atoms with Crippen LogP contribution in [0.2, 0.25) is 0 Å². The van der Waals surface area contributed by atoms with E-state index in [1.807, 2.05) is 18.7 Å². The van der Waals surface area contributed by atoms with Crippen LogP contribution in [-0.2, 0) is 0 Å². The fraction of sp³-hybridized carbons (Fsp3) is 0.800. The molecule has 0 radical (unpaired) electrons. The summed E-state index contributed by atoms with van der Waals surface area (Å²) in [6, 6.07) is 0. The van der Waals surface area contributed by atoms with Gasteiger partial charge in [-0.2, -0.15) is 4.58 Å². The Labute approximate surface area is 45.1 Å². The Balaban J connectivity index is 3.45. The molecule has 2 heteroatoms. The lowest BCUT2D eigenvalue weighted by Gasteiger charge is -1.91. The van der Waals surface area contributed by atoms with Crippen LogP contribution >= 0.6 is 0 Å². The van der Waals surface area contributed by atoms with Crippen molar-refractivity contribution in [1.29, 1.82) is 0 Å². The first-order valence-corrected chi connectivity index (χ1v) is 2.44. The van der Waals surface area contributed by atoms with Gasteiger partial charge in [-0.25, -0.2) is 0 Å². The molecule has 0 unspecified atom stereocenters. The lowest BCUT2D eigenvalue weighted by atomic mass is 10.9. The summed E-state index contributed by atoms with van der Waals surface area (Å²) in [5.74, 6) is 0. The van der Waals surface area contributed by atoms with Crippen molar-refractivity contribution in [3.8, 4) is 0 Å². The van der Waals surface area contributed by atoms with Crippen LogP contribution in [-0.4, -0.2) is 39.1 Å². The van der Waals surface area contributed by atoms with E-state index in [-0.39, 0.29) is 0 Å². The molecule has 7 heavy (non-hydrogen) atoms. The highest BCUT2D eigenvalue weighted by atomic mass is 15.1. The molecule has 0 aliphatic rings. The molecule has 0 spiro atoms. The molecule has 0 heterocycles. The second-order valence-electron chi connectivity index (χ2n) is 2.17. The smallest absolute Gasteiger partial charge is 0.259 e. The number of nitrogens with zero attached hydrogens (tertiary/aromatic N) is 1. The lowest BCUT2D eigenvalue weighted by molar-refractivity contribution is -0.778. The molecule has 0 bridgehead atoms. The molecule has 0 atom stereocenters. The van der Waals surface area contributed by atoms with E-state index >= 15 is 0 Å². The lowest BCUT2D eigenvalue weighted by Crippen LogP contribution is -3.05. The molecule has 0 aliphatic heterocycles. The van der Waals surface area contributed by atoms with Gasteiger partial charge in [0.1, 0.15) is 14.1 Å². The van der Waals surface area contributed by atoms with Crippen molar-refractivity contribution in [1.82, 2.24) is 0 Å². The minimum atomic E-state index is 1.34. The molecule has 0 rings (SSSR count). The van der Waals surface area contributed by atoms with E-state index in [4.69, 9.17) is 0 Å². The molecule has 0 saturated heterocycles. The Morgan fingerprint density at radius 1 is 1.29 bits per heavy atom. The Hall–Kier alpha value is -0.370. The summed E-state index contributed by atoms with van der Waals surface area (Å²) in [4.78, 5) is 1.34. The molecule has 0 aliphatic carbocycles. The van der Waals surface area contributed by atoms with Gasteiger partial charge in [0.05, 0.1) is 14.1 Å². The first-order valence-electron chi connectivity index (χ1n) is 2.44. The quantitative estimate of drug-likeness (QED) is 0.232. The SMILES string of the molecule is C[N+](C)=C[NH+](C)C. The van der Waals surface area contributed by atoms with Crippen LogP contribution in [0, 0.1) is 0 Å². The van der Waals surface area contributed by atoms with E-state index in [0.29, 0.717) is 0 Å². The van der Waals surface area contributed by atoms with E-state index in [1.165, 1.54) is 4.90 Å². The molecule has 2 nitrogen and oxygen atoms in total. The van der Waals surface area contributed by atoms with Gasteiger partial charge in [-0.3, -0.25) is 4.90 Å². The largest absolute Gasteiger partial charge is 0.324 e. The Kier molecular flexibility index (Phi) is 2.60. The molecule has 42 valence electrons. The van der Waals surface area contributed by atoms with Crippen LogP contribution in [0.5, 0.6) is 0 Å². The maximum absolute atomic E-state index is 2.08. The zero-order valence-electron chi connectivity index (χ0n) is 5.52. The van der Waals surface area contributed by atoms with Crippen molar-refractivity contribution in [3.05, 3.63) is 0 Å². The highest BCUT2D eigenvalue weighted by molar-refractivity contribution is 5.34. The maximum Gasteiger partial charge on any atom is 0.324 e. The number of rotatable bonds is 1. The van der Waals surface area contributed by atoms with Gasteiger partial charge in [-0.15, -0.1) is 0 Å². The van der Waals surface area contributed by atoms with E-state index < -0.39 is 0 Å². The number of nitrogens with one attached hydrogen (secondary N) is 1. The van der Waals surface area contributed by atoms with Gasteiger partial charge in [0.15, 0.2) is 0 Å². The maximum atomic E-state index is 2.08. The van der Waals surface area contributed by atoms with E-state index in [0.717, 1.165) is 0 Å². The van der Waals surface area contributed by atoms with Gasteiger partial charge in [-0.1, -0.05) is 0 Å². The van der Waals surface area contributed by atoms with Crippen LogP contribution in [0.3, 0.4) is 0 Å². The predicted octanol–water partition coefficient (Wildman–Crippen LogP) is -1.57. The van der Waals surface area contributed by atoms with Crippen molar-refractivity contribution in [3.63, 3.8) is 0 Å². The topological polar surface area (TPSA) is 7.45 Å². The molecule has 0 aromatic rings. The number of quaternary nitrogens is 1. The summed E-state index contributed by atoms with van der Waals surface area (Å²) in [5.41, 5.74) is 0. The second-order valence-corrected chi connectivity index (χ2v) is 2.17. The van der Waals surface area contributed by atoms with Gasteiger partial charge in [-0.05, 0) is 0 Å². The minimum Gasteiger partial charge on any atom is -0.259 e. The third kappa shape index (κ3) is 5.63. The van der Waals surface area contributed by atoms with E-state index in [2.05, 4.69) is 20.4 Å². The van der Waals surface area contributed by atoms with Crippen LogP contribution in [0.4, 0.5) is 0 Å². The summed E-state index contributed by atoms with van der Waals surface area (Å²) in [6.45, 7) is 0. The average molecular weight is 102 g/mol. The number of hydrogen-bond acceptors (Lipinski definition) is 0. The average Bonchev–Trinajstić information content (AvgIpc) is 1.27. The van der Waals surface area contributed by atoms with Gasteiger partial charge < -0.3 is 0 Å². The van der Waals surface area contributed by atoms with Gasteiger partial charge in [0.25, 0.3) is 0 Å². The third-order valence-corrected chi connectivity index (χ3v) is 0.516. The molecule has 1 N–H and O–H groups in total. The van der Waals surface area contributed by atoms with Crippen LogP contribution in [0.1, 0.15) is 0 Å². The Bertz CT molecular complexity index is 70.1. The van der Waals surface area contributed by atoms with Crippen molar-refractivity contribution in [2.24, 2.45) is 0 Å². The summed E-state index contributed by atoms with van der Waals surface area (Å²) in [5, 5.41) is 0. The highest BCUT2D eigenvalue weighted by Gasteiger charge is 1.87. The number of hydrogen-bond donors (Lipinski definition) is 1. The Morgan fingerprint density at radius 2 is 1.71 bits per heavy atom. The summed E-state index contributed by atoms with van der Waals surface area (Å²) in [6.07, 6.45) is 2.08. The normalized spacial score (nSPS) is 9.29. The van der Waals surface area contributed by atoms with E-state index in [9.17, 15) is 0 Å². The minimum absolute atomic E-state index is 1.34. The zero-order chi connectivity index (χ0) is 5.86. The molecule has 0 amide bonds. The van der Waals surface area contributed by atoms with Crippen LogP contribution < -0.4 is 4.90 Å². The summed E-state index contributed by atoms with van der Waals surface area (Å²) >= 11 is 0. The molecule has 0 saturated carbocycles. The highest BCUT2D eigenvalue weighted by Crippen LogP contribution is 1.37. The van der Waals surface area contributed by atoms with Crippen molar-refractivity contribution >= 4 is 6.34 Å². The Morgan fingerprint density at radius 3 is 1.71 bits per heavy atom. The second kappa shape index (κ2) is 2.75. The molecular weight excluding hydrogens is 88.1 g/mol. The van der Waals surface area contributed by atoms with Crippen LogP contribution in [0.25, 0.3) is 0 Å². The molecular formula is C5H14N2+2. The summed E-state index contributed by atoms with van der Waals surface area (Å²) < 4.78 is 2.04. The molecule has 0 fully saturated rings. The van der Waals surface area contributed by atoms with Gasteiger partial charge in [0.2, 0.25) is 0 Å². The van der Waals surface area contributed by atoms with Gasteiger partial charge in [0, 0.05) is 0 Å². The zero-order valence-corrected chi connectivity index (χ0v) is 5.52. The molecule has 0 aromatic carbocycles.